The quantitative estimate of drug-likeness (QED) is 0.827. The molecule has 1 N–H and O–H groups in total. The fourth-order valence-corrected chi connectivity index (χ4v) is 2.86. The molecule has 2 nitrogen and oxygen atoms in total. The molecular formula is C15H22ClNO. The summed E-state index contributed by atoms with van der Waals surface area (Å²) in [4.78, 5) is 0. The number of benzene rings is 1. The van der Waals surface area contributed by atoms with Crippen molar-refractivity contribution in [3.8, 4) is 5.75 Å². The minimum atomic E-state index is 0.633. The van der Waals surface area contributed by atoms with E-state index in [0.717, 1.165) is 22.9 Å². The minimum absolute atomic E-state index is 0.633. The maximum absolute atomic E-state index is 6.24. The zero-order chi connectivity index (χ0) is 12.8. The van der Waals surface area contributed by atoms with E-state index in [1.54, 1.807) is 7.11 Å². The van der Waals surface area contributed by atoms with Gasteiger partial charge in [-0.05, 0) is 25.0 Å². The summed E-state index contributed by atoms with van der Waals surface area (Å²) in [6, 6.07) is 6.45. The Bertz CT molecular complexity index is 373. The van der Waals surface area contributed by atoms with Gasteiger partial charge in [0.25, 0.3) is 0 Å². The average Bonchev–Trinajstić information content (AvgIpc) is 2.65. The van der Waals surface area contributed by atoms with Gasteiger partial charge in [0.05, 0.1) is 7.11 Å². The van der Waals surface area contributed by atoms with E-state index in [2.05, 4.69) is 5.32 Å². The highest BCUT2D eigenvalue weighted by Gasteiger charge is 2.13. The van der Waals surface area contributed by atoms with Crippen molar-refractivity contribution in [3.05, 3.63) is 28.8 Å². The van der Waals surface area contributed by atoms with Crippen LogP contribution in [-0.4, -0.2) is 13.2 Å². The molecule has 1 saturated carbocycles. The standard InChI is InChI=1S/C15H22ClNO/c1-18-15-10-6-9-14(16)13(15)11-17-12-7-4-2-3-5-8-12/h6,9-10,12,17H,2-5,7-8,11H2,1H3. The monoisotopic (exact) mass is 267 g/mol. The van der Waals surface area contributed by atoms with Crippen LogP contribution in [0.25, 0.3) is 0 Å². The number of hydrogen-bond acceptors (Lipinski definition) is 2. The van der Waals surface area contributed by atoms with Crippen LogP contribution in [0.2, 0.25) is 5.02 Å². The molecule has 1 aromatic rings. The largest absolute Gasteiger partial charge is 0.496 e. The lowest BCUT2D eigenvalue weighted by Crippen LogP contribution is -2.28. The lowest BCUT2D eigenvalue weighted by atomic mass is 10.1. The topological polar surface area (TPSA) is 21.3 Å². The molecule has 0 radical (unpaired) electrons. The maximum Gasteiger partial charge on any atom is 0.124 e. The molecule has 2 rings (SSSR count). The Hall–Kier alpha value is -0.730. The Morgan fingerprint density at radius 3 is 2.61 bits per heavy atom. The van der Waals surface area contributed by atoms with Gasteiger partial charge in [0.1, 0.15) is 5.75 Å². The van der Waals surface area contributed by atoms with Crippen molar-refractivity contribution in [2.75, 3.05) is 7.11 Å². The summed E-state index contributed by atoms with van der Waals surface area (Å²) < 4.78 is 5.37. The van der Waals surface area contributed by atoms with Crippen LogP contribution < -0.4 is 10.1 Å². The average molecular weight is 268 g/mol. The van der Waals surface area contributed by atoms with E-state index in [4.69, 9.17) is 16.3 Å². The molecule has 3 heteroatoms. The van der Waals surface area contributed by atoms with Crippen LogP contribution in [0.4, 0.5) is 0 Å². The molecule has 1 aliphatic carbocycles. The molecule has 1 fully saturated rings. The molecule has 0 aliphatic heterocycles. The first-order chi connectivity index (χ1) is 8.81. The number of methoxy groups -OCH3 is 1. The predicted octanol–water partition coefficient (Wildman–Crippen LogP) is 4.16. The minimum Gasteiger partial charge on any atom is -0.496 e. The van der Waals surface area contributed by atoms with Gasteiger partial charge in [-0.3, -0.25) is 0 Å². The number of nitrogens with one attached hydrogen (secondary N) is 1. The third-order valence-electron chi connectivity index (χ3n) is 3.72. The van der Waals surface area contributed by atoms with Gasteiger partial charge in [0.2, 0.25) is 0 Å². The number of halogens is 1. The molecule has 0 saturated heterocycles. The highest BCUT2D eigenvalue weighted by atomic mass is 35.5. The van der Waals surface area contributed by atoms with E-state index < -0.39 is 0 Å². The highest BCUT2D eigenvalue weighted by molar-refractivity contribution is 6.31. The first kappa shape index (κ1) is 13.7. The lowest BCUT2D eigenvalue weighted by Gasteiger charge is -2.18. The van der Waals surface area contributed by atoms with Gasteiger partial charge in [0.15, 0.2) is 0 Å². The normalized spacial score (nSPS) is 17.4. The van der Waals surface area contributed by atoms with E-state index in [1.807, 2.05) is 18.2 Å². The molecule has 0 bridgehead atoms. The van der Waals surface area contributed by atoms with Gasteiger partial charge in [-0.25, -0.2) is 0 Å². The molecule has 0 unspecified atom stereocenters. The molecule has 18 heavy (non-hydrogen) atoms. The van der Waals surface area contributed by atoms with Crippen LogP contribution in [0.15, 0.2) is 18.2 Å². The van der Waals surface area contributed by atoms with Crippen molar-refractivity contribution in [1.29, 1.82) is 0 Å². The van der Waals surface area contributed by atoms with Crippen molar-refractivity contribution >= 4 is 11.6 Å². The summed E-state index contributed by atoms with van der Waals surface area (Å²) in [5.74, 6) is 0.878. The van der Waals surface area contributed by atoms with Crippen LogP contribution in [0.3, 0.4) is 0 Å². The molecule has 0 amide bonds. The van der Waals surface area contributed by atoms with Crippen LogP contribution in [-0.2, 0) is 6.54 Å². The van der Waals surface area contributed by atoms with Crippen LogP contribution >= 0.6 is 11.6 Å². The third kappa shape index (κ3) is 3.63. The Labute approximate surface area is 115 Å². The zero-order valence-corrected chi connectivity index (χ0v) is 11.8. The molecule has 0 spiro atoms. The summed E-state index contributed by atoms with van der Waals surface area (Å²) in [6.07, 6.45) is 8.02. The fourth-order valence-electron chi connectivity index (χ4n) is 2.63. The van der Waals surface area contributed by atoms with Gasteiger partial charge in [-0.2, -0.15) is 0 Å². The second-order valence-electron chi connectivity index (χ2n) is 4.99. The Morgan fingerprint density at radius 2 is 1.94 bits per heavy atom. The summed E-state index contributed by atoms with van der Waals surface area (Å²) in [6.45, 7) is 0.799. The molecule has 1 aromatic carbocycles. The van der Waals surface area contributed by atoms with E-state index >= 15 is 0 Å². The zero-order valence-electron chi connectivity index (χ0n) is 11.0. The highest BCUT2D eigenvalue weighted by Crippen LogP contribution is 2.26. The summed E-state index contributed by atoms with van der Waals surface area (Å²) in [7, 11) is 1.70. The molecule has 0 atom stereocenters. The van der Waals surface area contributed by atoms with Crippen molar-refractivity contribution in [2.24, 2.45) is 0 Å². The van der Waals surface area contributed by atoms with Crippen LogP contribution in [0, 0.1) is 0 Å². The molecule has 0 aromatic heterocycles. The Kier molecular flexibility index (Phi) is 5.33. The Balaban J connectivity index is 1.96. The van der Waals surface area contributed by atoms with E-state index in [-0.39, 0.29) is 0 Å². The summed E-state index contributed by atoms with van der Waals surface area (Å²) >= 11 is 6.24. The second-order valence-corrected chi connectivity index (χ2v) is 5.40. The first-order valence-electron chi connectivity index (χ1n) is 6.86. The van der Waals surface area contributed by atoms with Gasteiger partial charge in [-0.1, -0.05) is 43.4 Å². The van der Waals surface area contributed by atoms with Crippen molar-refractivity contribution in [1.82, 2.24) is 5.32 Å². The van der Waals surface area contributed by atoms with Crippen molar-refractivity contribution < 1.29 is 4.74 Å². The number of hydrogen-bond donors (Lipinski definition) is 1. The van der Waals surface area contributed by atoms with Gasteiger partial charge in [-0.15, -0.1) is 0 Å². The first-order valence-corrected chi connectivity index (χ1v) is 7.24. The smallest absolute Gasteiger partial charge is 0.124 e. The van der Waals surface area contributed by atoms with Crippen LogP contribution in [0.5, 0.6) is 5.75 Å². The maximum atomic E-state index is 6.24. The van der Waals surface area contributed by atoms with E-state index in [9.17, 15) is 0 Å². The second kappa shape index (κ2) is 7.01. The van der Waals surface area contributed by atoms with Gasteiger partial charge >= 0.3 is 0 Å². The number of rotatable bonds is 4. The van der Waals surface area contributed by atoms with Crippen molar-refractivity contribution in [3.63, 3.8) is 0 Å². The van der Waals surface area contributed by atoms with Gasteiger partial charge < -0.3 is 10.1 Å². The predicted molar refractivity (Wildman–Crippen MR) is 76.3 cm³/mol. The van der Waals surface area contributed by atoms with Gasteiger partial charge in [0, 0.05) is 23.2 Å². The SMILES string of the molecule is COc1cccc(Cl)c1CNC1CCCCCC1. The van der Waals surface area contributed by atoms with E-state index in [0.29, 0.717) is 6.04 Å². The molecular weight excluding hydrogens is 246 g/mol. The summed E-state index contributed by atoms with van der Waals surface area (Å²) in [5.41, 5.74) is 1.07. The molecule has 0 heterocycles. The van der Waals surface area contributed by atoms with Crippen molar-refractivity contribution in [2.45, 2.75) is 51.1 Å². The number of ether oxygens (including phenoxy) is 1. The third-order valence-corrected chi connectivity index (χ3v) is 4.07. The molecule has 1 aliphatic rings. The fraction of sp³-hybridized carbons (Fsp3) is 0.600. The van der Waals surface area contributed by atoms with E-state index in [1.165, 1.54) is 38.5 Å². The summed E-state index contributed by atoms with van der Waals surface area (Å²) in [5, 5.41) is 4.42. The Morgan fingerprint density at radius 1 is 1.22 bits per heavy atom. The lowest BCUT2D eigenvalue weighted by molar-refractivity contribution is 0.401. The van der Waals surface area contributed by atoms with Crippen LogP contribution in [0.1, 0.15) is 44.1 Å². The molecule has 100 valence electrons.